The van der Waals surface area contributed by atoms with Crippen LogP contribution in [0.15, 0.2) is 41.3 Å². The van der Waals surface area contributed by atoms with Gasteiger partial charge < -0.3 is 14.8 Å². The fourth-order valence-corrected chi connectivity index (χ4v) is 4.13. The zero-order valence-corrected chi connectivity index (χ0v) is 19.2. The first-order valence-electron chi connectivity index (χ1n) is 9.18. The maximum Gasteiger partial charge on any atom is 0.343 e. The molecule has 0 radical (unpaired) electrons. The number of esters is 1. The van der Waals surface area contributed by atoms with Gasteiger partial charge in [-0.2, -0.15) is 0 Å². The highest BCUT2D eigenvalue weighted by atomic mass is 35.5. The van der Waals surface area contributed by atoms with Crippen molar-refractivity contribution in [2.24, 2.45) is 0 Å². The van der Waals surface area contributed by atoms with E-state index in [0.29, 0.717) is 17.3 Å². The Morgan fingerprint density at radius 2 is 1.85 bits per heavy atom. The van der Waals surface area contributed by atoms with Crippen LogP contribution in [0.2, 0.25) is 10.0 Å². The summed E-state index contributed by atoms with van der Waals surface area (Å²) in [7, 11) is 1.20. The average molecular weight is 513 g/mol. The second-order valence-corrected chi connectivity index (χ2v) is 8.28. The highest BCUT2D eigenvalue weighted by molar-refractivity contribution is 8.18. The van der Waals surface area contributed by atoms with Gasteiger partial charge in [0.2, 0.25) is 5.91 Å². The van der Waals surface area contributed by atoms with Gasteiger partial charge in [0.05, 0.1) is 27.7 Å². The van der Waals surface area contributed by atoms with E-state index in [1.54, 1.807) is 0 Å². The molecular weight excluding hydrogens is 498 g/mol. The van der Waals surface area contributed by atoms with Crippen molar-refractivity contribution < 1.29 is 33.0 Å². The molecule has 1 aliphatic rings. The molecule has 1 heterocycles. The number of carbonyl (C=O) groups is 4. The lowest BCUT2D eigenvalue weighted by Crippen LogP contribution is -2.36. The van der Waals surface area contributed by atoms with Crippen LogP contribution < -0.4 is 10.1 Å². The molecule has 2 aromatic rings. The van der Waals surface area contributed by atoms with E-state index in [9.17, 15) is 23.6 Å². The molecule has 33 heavy (non-hydrogen) atoms. The highest BCUT2D eigenvalue weighted by Crippen LogP contribution is 2.37. The lowest BCUT2D eigenvalue weighted by atomic mass is 10.2. The van der Waals surface area contributed by atoms with Gasteiger partial charge in [-0.3, -0.25) is 19.3 Å². The van der Waals surface area contributed by atoms with Crippen LogP contribution in [0.4, 0.5) is 14.9 Å². The van der Waals surface area contributed by atoms with Crippen molar-refractivity contribution in [3.8, 4) is 5.75 Å². The Balaban J connectivity index is 1.72. The summed E-state index contributed by atoms with van der Waals surface area (Å²) in [5.74, 6) is -2.65. The smallest absolute Gasteiger partial charge is 0.343 e. The van der Waals surface area contributed by atoms with Gasteiger partial charge in [-0.1, -0.05) is 35.3 Å². The molecule has 1 aliphatic heterocycles. The number of halogens is 3. The van der Waals surface area contributed by atoms with Gasteiger partial charge in [-0.05, 0) is 47.7 Å². The van der Waals surface area contributed by atoms with Crippen LogP contribution >= 0.6 is 35.0 Å². The molecule has 3 amide bonds. The van der Waals surface area contributed by atoms with Crippen molar-refractivity contribution in [1.29, 1.82) is 0 Å². The molecule has 1 saturated heterocycles. The molecule has 0 aliphatic carbocycles. The predicted octanol–water partition coefficient (Wildman–Crippen LogP) is 4.36. The van der Waals surface area contributed by atoms with Gasteiger partial charge in [0.15, 0.2) is 12.4 Å². The third-order valence-electron chi connectivity index (χ3n) is 4.20. The number of benzene rings is 2. The number of thioether (sulfide) groups is 1. The highest BCUT2D eigenvalue weighted by Gasteiger charge is 2.36. The van der Waals surface area contributed by atoms with Gasteiger partial charge in [0.25, 0.3) is 11.1 Å². The molecule has 3 rings (SSSR count). The average Bonchev–Trinajstić information content (AvgIpc) is 3.01. The Morgan fingerprint density at radius 1 is 1.18 bits per heavy atom. The summed E-state index contributed by atoms with van der Waals surface area (Å²) in [6, 6.07) is 8.37. The fraction of sp³-hybridized carbons (Fsp3) is 0.143. The number of nitrogens with zero attached hydrogens (tertiary/aromatic N) is 1. The summed E-state index contributed by atoms with van der Waals surface area (Å²) in [4.78, 5) is 49.1. The molecule has 0 spiro atoms. The van der Waals surface area contributed by atoms with Crippen molar-refractivity contribution in [2.75, 3.05) is 25.6 Å². The standard InChI is InChI=1S/C21H15Cl2FN2O6S/c1-31-18(28)10-32-19-12(22)6-11(7-13(19)23)8-16-20(29)26(21(30)33-16)9-17(27)25-15-5-3-2-4-14(15)24/h2-8H,9-10H2,1H3,(H,25,27)/b16-8-. The van der Waals surface area contributed by atoms with Crippen molar-refractivity contribution in [2.45, 2.75) is 0 Å². The zero-order valence-electron chi connectivity index (χ0n) is 16.9. The molecule has 0 unspecified atom stereocenters. The SMILES string of the molecule is COC(=O)COc1c(Cl)cc(/C=C2\SC(=O)N(CC(=O)Nc3ccccc3F)C2=O)cc1Cl. The first kappa shape index (κ1) is 24.6. The molecule has 172 valence electrons. The number of ether oxygens (including phenoxy) is 2. The van der Waals surface area contributed by atoms with Crippen LogP contribution in [-0.2, 0) is 19.1 Å². The molecular formula is C21H15Cl2FN2O6S. The van der Waals surface area contributed by atoms with Crippen LogP contribution in [0.1, 0.15) is 5.56 Å². The lowest BCUT2D eigenvalue weighted by Gasteiger charge is -2.12. The number of imide groups is 1. The number of nitrogens with one attached hydrogen (secondary N) is 1. The Kier molecular flexibility index (Phi) is 7.96. The molecule has 0 atom stereocenters. The number of rotatable bonds is 7. The van der Waals surface area contributed by atoms with Gasteiger partial charge in [0, 0.05) is 0 Å². The minimum absolute atomic E-state index is 0.0362. The Morgan fingerprint density at radius 3 is 2.48 bits per heavy atom. The van der Waals surface area contributed by atoms with E-state index in [2.05, 4.69) is 10.1 Å². The van der Waals surface area contributed by atoms with Crippen LogP contribution in [0, 0.1) is 5.82 Å². The third-order valence-corrected chi connectivity index (χ3v) is 5.67. The predicted molar refractivity (Wildman–Crippen MR) is 122 cm³/mol. The Labute approximate surface area is 201 Å². The van der Waals surface area contributed by atoms with E-state index in [1.807, 2.05) is 0 Å². The van der Waals surface area contributed by atoms with Crippen molar-refractivity contribution in [3.05, 3.63) is 62.7 Å². The van der Waals surface area contributed by atoms with Gasteiger partial charge in [0.1, 0.15) is 12.4 Å². The fourth-order valence-electron chi connectivity index (χ4n) is 2.67. The molecule has 0 saturated carbocycles. The second kappa shape index (κ2) is 10.7. The van der Waals surface area contributed by atoms with Crippen molar-refractivity contribution in [1.82, 2.24) is 4.90 Å². The number of anilines is 1. The molecule has 0 aromatic heterocycles. The van der Waals surface area contributed by atoms with Gasteiger partial charge in [-0.15, -0.1) is 0 Å². The molecule has 0 bridgehead atoms. The largest absolute Gasteiger partial charge is 0.479 e. The van der Waals surface area contributed by atoms with Crippen LogP contribution in [0.3, 0.4) is 0 Å². The number of hydrogen-bond donors (Lipinski definition) is 1. The quantitative estimate of drug-likeness (QED) is 0.434. The summed E-state index contributed by atoms with van der Waals surface area (Å²) in [6.45, 7) is -0.985. The van der Waals surface area contributed by atoms with Crippen molar-refractivity contribution in [3.63, 3.8) is 0 Å². The van der Waals surface area contributed by atoms with E-state index in [0.717, 1.165) is 4.90 Å². The van der Waals surface area contributed by atoms with Crippen LogP contribution in [-0.4, -0.2) is 48.2 Å². The van der Waals surface area contributed by atoms with Crippen LogP contribution in [0.5, 0.6) is 5.75 Å². The van der Waals surface area contributed by atoms with E-state index in [4.69, 9.17) is 27.9 Å². The summed E-state index contributed by atoms with van der Waals surface area (Å²) in [6.07, 6.45) is 1.38. The maximum atomic E-state index is 13.7. The summed E-state index contributed by atoms with van der Waals surface area (Å²) in [5, 5.41) is 1.80. The summed E-state index contributed by atoms with van der Waals surface area (Å²) in [5.41, 5.74) is 0.320. The number of para-hydroxylation sites is 1. The normalized spacial score (nSPS) is 14.5. The number of carbonyl (C=O) groups excluding carboxylic acids is 4. The van der Waals surface area contributed by atoms with Gasteiger partial charge in [-0.25, -0.2) is 9.18 Å². The minimum Gasteiger partial charge on any atom is -0.479 e. The first-order valence-corrected chi connectivity index (χ1v) is 10.7. The topological polar surface area (TPSA) is 102 Å². The monoisotopic (exact) mass is 512 g/mol. The number of hydrogen-bond acceptors (Lipinski definition) is 7. The second-order valence-electron chi connectivity index (χ2n) is 6.47. The summed E-state index contributed by atoms with van der Waals surface area (Å²) >= 11 is 12.9. The van der Waals surface area contributed by atoms with E-state index in [1.165, 1.54) is 49.6 Å². The minimum atomic E-state index is -0.734. The number of amides is 3. The lowest BCUT2D eigenvalue weighted by molar-refractivity contribution is -0.142. The molecule has 1 N–H and O–H groups in total. The van der Waals surface area contributed by atoms with Gasteiger partial charge >= 0.3 is 5.97 Å². The van der Waals surface area contributed by atoms with Crippen molar-refractivity contribution >= 4 is 69.8 Å². The van der Waals surface area contributed by atoms with E-state index in [-0.39, 0.29) is 26.4 Å². The van der Waals surface area contributed by atoms with E-state index < -0.39 is 42.0 Å². The maximum absolute atomic E-state index is 13.7. The zero-order chi connectivity index (χ0) is 24.1. The third kappa shape index (κ3) is 6.04. The summed E-state index contributed by atoms with van der Waals surface area (Å²) < 4.78 is 23.4. The Hall–Kier alpha value is -3.08. The number of methoxy groups -OCH3 is 1. The molecule has 2 aromatic carbocycles. The van der Waals surface area contributed by atoms with Crippen LogP contribution in [0.25, 0.3) is 6.08 Å². The van der Waals surface area contributed by atoms with E-state index >= 15 is 0 Å². The molecule has 8 nitrogen and oxygen atoms in total. The first-order chi connectivity index (χ1) is 15.7. The molecule has 1 fully saturated rings. The molecule has 12 heteroatoms. The Bertz CT molecular complexity index is 1150.